The number of fused-ring (bicyclic) bond motifs is 1. The molecular weight excluding hydrogens is 234 g/mol. The SMILES string of the molecule is C=CCCCn1nc(CNC2CC2)c2ccccc21. The number of hydrogen-bond donors (Lipinski definition) is 1. The second-order valence-electron chi connectivity index (χ2n) is 5.27. The maximum absolute atomic E-state index is 4.78. The first-order valence-corrected chi connectivity index (χ1v) is 7.17. The van der Waals surface area contributed by atoms with Crippen LogP contribution in [0.15, 0.2) is 36.9 Å². The number of allylic oxidation sites excluding steroid dienone is 1. The molecule has 0 unspecified atom stereocenters. The Hall–Kier alpha value is -1.61. The average molecular weight is 255 g/mol. The van der Waals surface area contributed by atoms with Crippen LogP contribution in [0.5, 0.6) is 0 Å². The van der Waals surface area contributed by atoms with Crippen molar-refractivity contribution >= 4 is 10.9 Å². The van der Waals surface area contributed by atoms with Crippen molar-refractivity contribution in [2.75, 3.05) is 0 Å². The second kappa shape index (κ2) is 5.57. The summed E-state index contributed by atoms with van der Waals surface area (Å²) in [5, 5.41) is 9.62. The van der Waals surface area contributed by atoms with Gasteiger partial charge in [0.1, 0.15) is 0 Å². The van der Waals surface area contributed by atoms with Crippen molar-refractivity contribution in [3.05, 3.63) is 42.6 Å². The number of aryl methyl sites for hydroxylation is 1. The predicted molar refractivity (Wildman–Crippen MR) is 79.0 cm³/mol. The van der Waals surface area contributed by atoms with Crippen LogP contribution < -0.4 is 5.32 Å². The van der Waals surface area contributed by atoms with E-state index >= 15 is 0 Å². The highest BCUT2D eigenvalue weighted by atomic mass is 15.3. The van der Waals surface area contributed by atoms with Gasteiger partial charge < -0.3 is 5.32 Å². The van der Waals surface area contributed by atoms with Crippen molar-refractivity contribution in [2.24, 2.45) is 0 Å². The van der Waals surface area contributed by atoms with Crippen LogP contribution in [0.1, 0.15) is 31.4 Å². The molecule has 0 radical (unpaired) electrons. The number of nitrogens with one attached hydrogen (secondary N) is 1. The standard InChI is InChI=1S/C16H21N3/c1-2-3-6-11-19-16-8-5-4-7-14(16)15(18-19)12-17-13-9-10-13/h2,4-5,7-8,13,17H,1,3,6,9-12H2. The number of aromatic nitrogens is 2. The van der Waals surface area contributed by atoms with Crippen LogP contribution in [-0.2, 0) is 13.1 Å². The lowest BCUT2D eigenvalue weighted by Crippen LogP contribution is -2.16. The molecule has 0 bridgehead atoms. The second-order valence-corrected chi connectivity index (χ2v) is 5.27. The molecule has 1 fully saturated rings. The number of nitrogens with zero attached hydrogens (tertiary/aromatic N) is 2. The molecule has 1 aliphatic carbocycles. The molecule has 1 aromatic carbocycles. The molecule has 3 rings (SSSR count). The summed E-state index contributed by atoms with van der Waals surface area (Å²) < 4.78 is 2.14. The fourth-order valence-electron chi connectivity index (χ4n) is 2.41. The summed E-state index contributed by atoms with van der Waals surface area (Å²) in [7, 11) is 0. The number of benzene rings is 1. The van der Waals surface area contributed by atoms with Gasteiger partial charge >= 0.3 is 0 Å². The van der Waals surface area contributed by atoms with Crippen LogP contribution in [0, 0.1) is 0 Å². The third kappa shape index (κ3) is 2.87. The maximum Gasteiger partial charge on any atom is 0.0841 e. The highest BCUT2D eigenvalue weighted by molar-refractivity contribution is 5.81. The minimum atomic E-state index is 0.727. The van der Waals surface area contributed by atoms with Crippen molar-refractivity contribution in [2.45, 2.75) is 44.8 Å². The molecular formula is C16H21N3. The number of rotatable bonds is 7. The molecule has 0 aliphatic heterocycles. The van der Waals surface area contributed by atoms with Crippen molar-refractivity contribution in [1.82, 2.24) is 15.1 Å². The Bertz CT molecular complexity index is 566. The van der Waals surface area contributed by atoms with E-state index in [1.807, 2.05) is 6.08 Å². The Morgan fingerprint density at radius 3 is 3.00 bits per heavy atom. The Balaban J connectivity index is 1.81. The molecule has 0 spiro atoms. The van der Waals surface area contributed by atoms with Gasteiger partial charge in [-0.25, -0.2) is 0 Å². The van der Waals surface area contributed by atoms with Crippen LogP contribution in [0.2, 0.25) is 0 Å². The maximum atomic E-state index is 4.78. The molecule has 1 aliphatic rings. The summed E-state index contributed by atoms with van der Waals surface area (Å²) in [6.07, 6.45) is 6.76. The Morgan fingerprint density at radius 1 is 1.37 bits per heavy atom. The third-order valence-electron chi connectivity index (χ3n) is 3.65. The van der Waals surface area contributed by atoms with Crippen molar-refractivity contribution < 1.29 is 0 Å². The van der Waals surface area contributed by atoms with Crippen LogP contribution in [0.3, 0.4) is 0 Å². The number of unbranched alkanes of at least 4 members (excludes halogenated alkanes) is 1. The first-order valence-electron chi connectivity index (χ1n) is 7.17. The Morgan fingerprint density at radius 2 is 2.21 bits per heavy atom. The summed E-state index contributed by atoms with van der Waals surface area (Å²) >= 11 is 0. The summed E-state index contributed by atoms with van der Waals surface area (Å²) in [6.45, 7) is 5.63. The van der Waals surface area contributed by atoms with Gasteiger partial charge in [0.05, 0.1) is 11.2 Å². The van der Waals surface area contributed by atoms with Gasteiger partial charge in [0, 0.05) is 24.5 Å². The predicted octanol–water partition coefficient (Wildman–Crippen LogP) is 3.25. The molecule has 1 aromatic heterocycles. The lowest BCUT2D eigenvalue weighted by atomic mass is 10.2. The van der Waals surface area contributed by atoms with Gasteiger partial charge in [-0.05, 0) is 31.7 Å². The molecule has 100 valence electrons. The molecule has 0 atom stereocenters. The van der Waals surface area contributed by atoms with Gasteiger partial charge in [0.25, 0.3) is 0 Å². The Kier molecular flexibility index (Phi) is 3.65. The minimum Gasteiger partial charge on any atom is -0.308 e. The van der Waals surface area contributed by atoms with E-state index < -0.39 is 0 Å². The minimum absolute atomic E-state index is 0.727. The first-order chi connectivity index (χ1) is 9.38. The molecule has 0 saturated heterocycles. The van der Waals surface area contributed by atoms with E-state index in [1.54, 1.807) is 0 Å². The van der Waals surface area contributed by atoms with Gasteiger partial charge in [-0.15, -0.1) is 6.58 Å². The first kappa shape index (κ1) is 12.4. The van der Waals surface area contributed by atoms with Crippen LogP contribution in [-0.4, -0.2) is 15.8 Å². The smallest absolute Gasteiger partial charge is 0.0841 e. The van der Waals surface area contributed by atoms with Crippen LogP contribution >= 0.6 is 0 Å². The van der Waals surface area contributed by atoms with E-state index in [0.717, 1.165) is 32.0 Å². The van der Waals surface area contributed by atoms with Gasteiger partial charge in [-0.3, -0.25) is 4.68 Å². The monoisotopic (exact) mass is 255 g/mol. The summed E-state index contributed by atoms with van der Waals surface area (Å²) in [5.74, 6) is 0. The Labute approximate surface area is 114 Å². The van der Waals surface area contributed by atoms with Crippen LogP contribution in [0.4, 0.5) is 0 Å². The molecule has 2 aromatic rings. The highest BCUT2D eigenvalue weighted by Crippen LogP contribution is 2.22. The quantitative estimate of drug-likeness (QED) is 0.608. The zero-order chi connectivity index (χ0) is 13.1. The number of hydrogen-bond acceptors (Lipinski definition) is 2. The fraction of sp³-hybridized carbons (Fsp3) is 0.438. The third-order valence-corrected chi connectivity index (χ3v) is 3.65. The molecule has 3 heteroatoms. The van der Waals surface area contributed by atoms with Gasteiger partial charge in [0.15, 0.2) is 0 Å². The molecule has 0 amide bonds. The van der Waals surface area contributed by atoms with Gasteiger partial charge in [-0.2, -0.15) is 5.10 Å². The van der Waals surface area contributed by atoms with E-state index in [4.69, 9.17) is 5.10 Å². The number of para-hydroxylation sites is 1. The van der Waals surface area contributed by atoms with E-state index in [0.29, 0.717) is 0 Å². The fourth-order valence-corrected chi connectivity index (χ4v) is 2.41. The topological polar surface area (TPSA) is 29.9 Å². The molecule has 1 saturated carbocycles. The zero-order valence-corrected chi connectivity index (χ0v) is 11.3. The molecule has 1 N–H and O–H groups in total. The van der Waals surface area contributed by atoms with Crippen molar-refractivity contribution in [3.8, 4) is 0 Å². The molecule has 3 nitrogen and oxygen atoms in total. The van der Waals surface area contributed by atoms with Gasteiger partial charge in [0.2, 0.25) is 0 Å². The van der Waals surface area contributed by atoms with Gasteiger partial charge in [-0.1, -0.05) is 24.3 Å². The zero-order valence-electron chi connectivity index (χ0n) is 11.3. The van der Waals surface area contributed by atoms with E-state index in [1.165, 1.54) is 29.4 Å². The lowest BCUT2D eigenvalue weighted by Gasteiger charge is -2.01. The highest BCUT2D eigenvalue weighted by Gasteiger charge is 2.21. The molecule has 1 heterocycles. The van der Waals surface area contributed by atoms with Crippen LogP contribution in [0.25, 0.3) is 10.9 Å². The van der Waals surface area contributed by atoms with Crippen molar-refractivity contribution in [1.29, 1.82) is 0 Å². The largest absolute Gasteiger partial charge is 0.308 e. The summed E-state index contributed by atoms with van der Waals surface area (Å²) in [4.78, 5) is 0. The summed E-state index contributed by atoms with van der Waals surface area (Å²) in [5.41, 5.74) is 2.43. The van der Waals surface area contributed by atoms with Crippen molar-refractivity contribution in [3.63, 3.8) is 0 Å². The van der Waals surface area contributed by atoms with E-state index in [2.05, 4.69) is 40.8 Å². The van der Waals surface area contributed by atoms with E-state index in [9.17, 15) is 0 Å². The van der Waals surface area contributed by atoms with E-state index in [-0.39, 0.29) is 0 Å². The normalized spacial score (nSPS) is 14.9. The summed E-state index contributed by atoms with van der Waals surface area (Å²) in [6, 6.07) is 9.25. The molecule has 19 heavy (non-hydrogen) atoms. The lowest BCUT2D eigenvalue weighted by molar-refractivity contribution is 0.581. The average Bonchev–Trinajstić information content (AvgIpc) is 3.20.